The summed E-state index contributed by atoms with van der Waals surface area (Å²) in [6.07, 6.45) is 6.44. The van der Waals surface area contributed by atoms with Crippen molar-refractivity contribution in [1.82, 2.24) is 4.90 Å². The van der Waals surface area contributed by atoms with Crippen molar-refractivity contribution >= 4 is 0 Å². The minimum atomic E-state index is 0.293. The predicted octanol–water partition coefficient (Wildman–Crippen LogP) is 2.91. The molecule has 1 fully saturated rings. The summed E-state index contributed by atoms with van der Waals surface area (Å²) in [5, 5.41) is 0. The lowest BCUT2D eigenvalue weighted by atomic mass is 9.85. The largest absolute Gasteiger partial charge is 0.483 e. The summed E-state index contributed by atoms with van der Waals surface area (Å²) in [7, 11) is 0. The Morgan fingerprint density at radius 1 is 1.18 bits per heavy atom. The minimum absolute atomic E-state index is 0.293. The van der Waals surface area contributed by atoms with E-state index >= 15 is 0 Å². The maximum atomic E-state index is 6.17. The van der Waals surface area contributed by atoms with Crippen LogP contribution in [0.4, 0.5) is 0 Å². The first kappa shape index (κ1) is 9.58. The molecule has 2 atom stereocenters. The third-order valence-electron chi connectivity index (χ3n) is 4.29. The van der Waals surface area contributed by atoms with Crippen LogP contribution in [0, 0.1) is 0 Å². The van der Waals surface area contributed by atoms with E-state index in [9.17, 15) is 0 Å². The first-order chi connectivity index (χ1) is 8.43. The molecule has 4 rings (SSSR count). The van der Waals surface area contributed by atoms with Crippen LogP contribution >= 0.6 is 0 Å². The van der Waals surface area contributed by atoms with Crippen LogP contribution in [0.3, 0.4) is 0 Å². The molecule has 17 heavy (non-hydrogen) atoms. The predicted molar refractivity (Wildman–Crippen MR) is 67.1 cm³/mol. The van der Waals surface area contributed by atoms with E-state index in [0.29, 0.717) is 12.0 Å². The Morgan fingerprint density at radius 3 is 3.12 bits per heavy atom. The standard InChI is InChI=1S/C15H17NO/c1-2-7-14-11(5-1)12-8-10-16-9-4-3-6-13(16)15(12)17-14/h1-2,5-7,12,15H,3-4,8-10H2. The van der Waals surface area contributed by atoms with Crippen LogP contribution in [0.15, 0.2) is 36.0 Å². The molecule has 0 N–H and O–H groups in total. The van der Waals surface area contributed by atoms with Gasteiger partial charge in [-0.15, -0.1) is 0 Å². The lowest BCUT2D eigenvalue weighted by Crippen LogP contribution is -2.42. The van der Waals surface area contributed by atoms with E-state index in [4.69, 9.17) is 4.74 Å². The van der Waals surface area contributed by atoms with Gasteiger partial charge in [0, 0.05) is 24.6 Å². The molecule has 2 nitrogen and oxygen atoms in total. The van der Waals surface area contributed by atoms with Crippen LogP contribution in [0.5, 0.6) is 5.75 Å². The fourth-order valence-corrected chi connectivity index (χ4v) is 3.47. The first-order valence-corrected chi connectivity index (χ1v) is 6.64. The van der Waals surface area contributed by atoms with Gasteiger partial charge in [0.05, 0.1) is 5.70 Å². The van der Waals surface area contributed by atoms with Crippen LogP contribution < -0.4 is 4.74 Å². The molecule has 2 unspecified atom stereocenters. The van der Waals surface area contributed by atoms with Gasteiger partial charge in [0.1, 0.15) is 11.9 Å². The SMILES string of the molecule is C1=C2C3Oc4ccccc4C3CCN2CCC1. The van der Waals surface area contributed by atoms with Crippen LogP contribution in [-0.4, -0.2) is 24.1 Å². The molecular weight excluding hydrogens is 210 g/mol. The Kier molecular flexibility index (Phi) is 1.99. The summed E-state index contributed by atoms with van der Waals surface area (Å²) in [6, 6.07) is 8.55. The quantitative estimate of drug-likeness (QED) is 0.675. The number of allylic oxidation sites excluding steroid dienone is 1. The zero-order chi connectivity index (χ0) is 11.2. The highest BCUT2D eigenvalue weighted by molar-refractivity contribution is 5.44. The molecule has 88 valence electrons. The monoisotopic (exact) mass is 227 g/mol. The van der Waals surface area contributed by atoms with Gasteiger partial charge in [0.25, 0.3) is 0 Å². The van der Waals surface area contributed by atoms with Gasteiger partial charge in [0.2, 0.25) is 0 Å². The molecule has 3 aliphatic rings. The molecule has 0 radical (unpaired) electrons. The summed E-state index contributed by atoms with van der Waals surface area (Å²) in [5.41, 5.74) is 2.87. The fourth-order valence-electron chi connectivity index (χ4n) is 3.47. The molecule has 3 aliphatic heterocycles. The van der Waals surface area contributed by atoms with Gasteiger partial charge in [-0.2, -0.15) is 0 Å². The van der Waals surface area contributed by atoms with Gasteiger partial charge in [0.15, 0.2) is 0 Å². The number of para-hydroxylation sites is 1. The summed E-state index contributed by atoms with van der Waals surface area (Å²) in [4.78, 5) is 2.52. The van der Waals surface area contributed by atoms with E-state index < -0.39 is 0 Å². The van der Waals surface area contributed by atoms with E-state index in [1.54, 1.807) is 0 Å². The van der Waals surface area contributed by atoms with Crippen molar-refractivity contribution in [1.29, 1.82) is 0 Å². The highest BCUT2D eigenvalue weighted by Gasteiger charge is 2.41. The highest BCUT2D eigenvalue weighted by Crippen LogP contribution is 2.46. The molecule has 3 heterocycles. The van der Waals surface area contributed by atoms with E-state index in [-0.39, 0.29) is 0 Å². The molecule has 1 aromatic rings. The lowest BCUT2D eigenvalue weighted by Gasteiger charge is -2.40. The second-order valence-electron chi connectivity index (χ2n) is 5.23. The van der Waals surface area contributed by atoms with Crippen LogP contribution in [0.25, 0.3) is 0 Å². The molecule has 0 saturated carbocycles. The number of hydrogen-bond donors (Lipinski definition) is 0. The molecule has 1 aromatic carbocycles. The molecular formula is C15H17NO. The third-order valence-corrected chi connectivity index (χ3v) is 4.29. The Labute approximate surface area is 102 Å². The van der Waals surface area contributed by atoms with E-state index in [2.05, 4.69) is 35.2 Å². The summed E-state index contributed by atoms with van der Waals surface area (Å²) < 4.78 is 6.17. The van der Waals surface area contributed by atoms with Gasteiger partial charge in [-0.3, -0.25) is 0 Å². The molecule has 0 amide bonds. The van der Waals surface area contributed by atoms with Crippen molar-refractivity contribution < 1.29 is 4.74 Å². The Hall–Kier alpha value is -1.44. The zero-order valence-electron chi connectivity index (χ0n) is 9.93. The van der Waals surface area contributed by atoms with Crippen molar-refractivity contribution in [2.45, 2.75) is 31.3 Å². The third kappa shape index (κ3) is 1.33. The highest BCUT2D eigenvalue weighted by atomic mass is 16.5. The Bertz CT molecular complexity index is 480. The number of piperidine rings is 1. The molecule has 0 aromatic heterocycles. The second-order valence-corrected chi connectivity index (χ2v) is 5.23. The normalized spacial score (nSPS) is 29.9. The topological polar surface area (TPSA) is 12.5 Å². The minimum Gasteiger partial charge on any atom is -0.483 e. The van der Waals surface area contributed by atoms with Gasteiger partial charge in [-0.1, -0.05) is 24.3 Å². The average molecular weight is 227 g/mol. The zero-order valence-corrected chi connectivity index (χ0v) is 9.93. The van der Waals surface area contributed by atoms with Crippen molar-refractivity contribution in [2.24, 2.45) is 0 Å². The average Bonchev–Trinajstić information content (AvgIpc) is 2.78. The smallest absolute Gasteiger partial charge is 0.145 e. The van der Waals surface area contributed by atoms with Crippen molar-refractivity contribution in [2.75, 3.05) is 13.1 Å². The Balaban J connectivity index is 1.75. The maximum absolute atomic E-state index is 6.17. The molecule has 1 saturated heterocycles. The number of benzene rings is 1. The molecule has 0 aliphatic carbocycles. The molecule has 0 bridgehead atoms. The van der Waals surface area contributed by atoms with Gasteiger partial charge in [-0.25, -0.2) is 0 Å². The van der Waals surface area contributed by atoms with Crippen LogP contribution in [0.2, 0.25) is 0 Å². The second kappa shape index (κ2) is 3.52. The van der Waals surface area contributed by atoms with Crippen molar-refractivity contribution in [3.05, 3.63) is 41.6 Å². The molecule has 2 heteroatoms. The number of ether oxygens (including phenoxy) is 1. The number of nitrogens with zero attached hydrogens (tertiary/aromatic N) is 1. The lowest BCUT2D eigenvalue weighted by molar-refractivity contribution is 0.136. The Morgan fingerprint density at radius 2 is 2.12 bits per heavy atom. The maximum Gasteiger partial charge on any atom is 0.145 e. The van der Waals surface area contributed by atoms with E-state index in [0.717, 1.165) is 5.75 Å². The van der Waals surface area contributed by atoms with Gasteiger partial charge in [-0.05, 0) is 25.3 Å². The fraction of sp³-hybridized carbons (Fsp3) is 0.467. The van der Waals surface area contributed by atoms with Crippen LogP contribution in [-0.2, 0) is 0 Å². The summed E-state index contributed by atoms with van der Waals surface area (Å²) in [5.74, 6) is 1.70. The number of hydrogen-bond acceptors (Lipinski definition) is 2. The summed E-state index contributed by atoms with van der Waals surface area (Å²) >= 11 is 0. The summed E-state index contributed by atoms with van der Waals surface area (Å²) in [6.45, 7) is 2.42. The number of fused-ring (bicyclic) bond motifs is 5. The molecule has 0 spiro atoms. The van der Waals surface area contributed by atoms with Crippen molar-refractivity contribution in [3.63, 3.8) is 0 Å². The van der Waals surface area contributed by atoms with Crippen LogP contribution in [0.1, 0.15) is 30.7 Å². The van der Waals surface area contributed by atoms with Crippen molar-refractivity contribution in [3.8, 4) is 5.75 Å². The number of rotatable bonds is 0. The van der Waals surface area contributed by atoms with E-state index in [1.807, 2.05) is 0 Å². The van der Waals surface area contributed by atoms with E-state index in [1.165, 1.54) is 43.6 Å². The van der Waals surface area contributed by atoms with Gasteiger partial charge < -0.3 is 9.64 Å². The van der Waals surface area contributed by atoms with Gasteiger partial charge >= 0.3 is 0 Å². The first-order valence-electron chi connectivity index (χ1n) is 6.64.